The van der Waals surface area contributed by atoms with Crippen LogP contribution in [0.25, 0.3) is 0 Å². The van der Waals surface area contributed by atoms with Crippen molar-refractivity contribution in [2.75, 3.05) is 0 Å². The first-order chi connectivity index (χ1) is 9.56. The maximum atomic E-state index is 6.06. The summed E-state index contributed by atoms with van der Waals surface area (Å²) in [7, 11) is 0. The first-order valence-electron chi connectivity index (χ1n) is 7.94. The first kappa shape index (κ1) is 17.0. The molecular formula is C18H30O2. The molecule has 0 aliphatic carbocycles. The van der Waals surface area contributed by atoms with Gasteiger partial charge in [-0.05, 0) is 56.9 Å². The number of hydrogen-bond acceptors (Lipinski definition) is 2. The molecular weight excluding hydrogens is 248 g/mol. The van der Waals surface area contributed by atoms with E-state index in [-0.39, 0.29) is 6.10 Å². The zero-order valence-electron chi connectivity index (χ0n) is 13.7. The van der Waals surface area contributed by atoms with E-state index in [1.54, 1.807) is 0 Å². The van der Waals surface area contributed by atoms with E-state index in [2.05, 4.69) is 32.9 Å². The second kappa shape index (κ2) is 9.02. The number of ether oxygens (including phenoxy) is 2. The van der Waals surface area contributed by atoms with Crippen molar-refractivity contribution in [2.45, 2.75) is 79.1 Å². The third-order valence-corrected chi connectivity index (χ3v) is 3.50. The van der Waals surface area contributed by atoms with Crippen molar-refractivity contribution in [2.24, 2.45) is 0 Å². The van der Waals surface area contributed by atoms with E-state index < -0.39 is 0 Å². The molecule has 1 atom stereocenters. The summed E-state index contributed by atoms with van der Waals surface area (Å²) >= 11 is 0. The third kappa shape index (κ3) is 5.96. The lowest BCUT2D eigenvalue weighted by Crippen LogP contribution is -2.12. The Hall–Kier alpha value is -1.02. The Morgan fingerprint density at radius 3 is 2.50 bits per heavy atom. The Morgan fingerprint density at radius 2 is 1.90 bits per heavy atom. The molecule has 0 saturated heterocycles. The van der Waals surface area contributed by atoms with Gasteiger partial charge in [-0.3, -0.25) is 0 Å². The summed E-state index contributed by atoms with van der Waals surface area (Å²) in [6.45, 7) is 11.3. The van der Waals surface area contributed by atoms with Gasteiger partial charge in [0.25, 0.3) is 0 Å². The smallest absolute Gasteiger partial charge is 0.120 e. The van der Waals surface area contributed by atoms with Crippen LogP contribution in [0.15, 0.2) is 18.2 Å². The minimum Gasteiger partial charge on any atom is -0.491 e. The van der Waals surface area contributed by atoms with Gasteiger partial charge in [-0.2, -0.15) is 0 Å². The Kier molecular flexibility index (Phi) is 7.68. The molecule has 114 valence electrons. The van der Waals surface area contributed by atoms with Crippen LogP contribution in [0.5, 0.6) is 5.75 Å². The average Bonchev–Trinajstić information content (AvgIpc) is 2.41. The van der Waals surface area contributed by atoms with Crippen LogP contribution in [0.2, 0.25) is 0 Å². The highest BCUT2D eigenvalue weighted by molar-refractivity contribution is 5.34. The minimum absolute atomic E-state index is 0.208. The lowest BCUT2D eigenvalue weighted by molar-refractivity contribution is 0.0308. The number of unbranched alkanes of at least 4 members (excludes halogenated alkanes) is 1. The molecule has 1 aromatic rings. The second-order valence-electron chi connectivity index (χ2n) is 5.74. The highest BCUT2D eigenvalue weighted by Crippen LogP contribution is 2.21. The van der Waals surface area contributed by atoms with Gasteiger partial charge in [0.2, 0.25) is 0 Å². The SMILES string of the molecule is CCCC[C@@H](CC)OCc1cc(OC(C)C)ccc1C. The fraction of sp³-hybridized carbons (Fsp3) is 0.667. The Labute approximate surface area is 124 Å². The fourth-order valence-corrected chi connectivity index (χ4v) is 2.19. The van der Waals surface area contributed by atoms with E-state index >= 15 is 0 Å². The van der Waals surface area contributed by atoms with E-state index in [4.69, 9.17) is 9.47 Å². The standard InChI is InChI=1S/C18H30O2/c1-6-8-9-17(7-2)19-13-16-12-18(20-14(3)4)11-10-15(16)5/h10-12,14,17H,6-9,13H2,1-5H3/t17-/m1/s1. The quantitative estimate of drug-likeness (QED) is 0.613. The van der Waals surface area contributed by atoms with Crippen molar-refractivity contribution in [1.29, 1.82) is 0 Å². The van der Waals surface area contributed by atoms with Crippen molar-refractivity contribution in [3.63, 3.8) is 0 Å². The van der Waals surface area contributed by atoms with Gasteiger partial charge in [0.1, 0.15) is 5.75 Å². The second-order valence-corrected chi connectivity index (χ2v) is 5.74. The summed E-state index contributed by atoms with van der Waals surface area (Å²) in [6, 6.07) is 6.26. The normalized spacial score (nSPS) is 12.7. The lowest BCUT2D eigenvalue weighted by atomic mass is 10.1. The van der Waals surface area contributed by atoms with Gasteiger partial charge < -0.3 is 9.47 Å². The monoisotopic (exact) mass is 278 g/mol. The number of benzene rings is 1. The van der Waals surface area contributed by atoms with Gasteiger partial charge in [-0.1, -0.05) is 32.8 Å². The van der Waals surface area contributed by atoms with Crippen LogP contribution < -0.4 is 4.74 Å². The van der Waals surface area contributed by atoms with Crippen molar-refractivity contribution < 1.29 is 9.47 Å². The number of aryl methyl sites for hydroxylation is 1. The number of hydrogen-bond donors (Lipinski definition) is 0. The molecule has 0 aliphatic heterocycles. The summed E-state index contributed by atoms with van der Waals surface area (Å²) in [5, 5.41) is 0. The maximum Gasteiger partial charge on any atom is 0.120 e. The predicted octanol–water partition coefficient (Wildman–Crippen LogP) is 5.27. The molecule has 0 radical (unpaired) electrons. The zero-order valence-corrected chi connectivity index (χ0v) is 13.7. The Morgan fingerprint density at radius 1 is 1.15 bits per heavy atom. The van der Waals surface area contributed by atoms with Crippen LogP contribution in [0, 0.1) is 6.92 Å². The molecule has 0 amide bonds. The molecule has 0 spiro atoms. The molecule has 0 aromatic heterocycles. The van der Waals surface area contributed by atoms with Crippen LogP contribution in [-0.4, -0.2) is 12.2 Å². The molecule has 1 aromatic carbocycles. The third-order valence-electron chi connectivity index (χ3n) is 3.50. The van der Waals surface area contributed by atoms with Gasteiger partial charge in [0.15, 0.2) is 0 Å². The van der Waals surface area contributed by atoms with Gasteiger partial charge in [0.05, 0.1) is 18.8 Å². The lowest BCUT2D eigenvalue weighted by Gasteiger charge is -2.18. The van der Waals surface area contributed by atoms with Crippen LogP contribution in [-0.2, 0) is 11.3 Å². The van der Waals surface area contributed by atoms with Crippen LogP contribution in [0.1, 0.15) is 64.5 Å². The molecule has 0 heterocycles. The summed E-state index contributed by atoms with van der Waals surface area (Å²) in [6.07, 6.45) is 5.31. The minimum atomic E-state index is 0.208. The van der Waals surface area contributed by atoms with E-state index in [0.717, 1.165) is 18.6 Å². The van der Waals surface area contributed by atoms with E-state index in [1.165, 1.54) is 24.0 Å². The van der Waals surface area contributed by atoms with Crippen molar-refractivity contribution >= 4 is 0 Å². The largest absolute Gasteiger partial charge is 0.491 e. The average molecular weight is 278 g/mol. The summed E-state index contributed by atoms with van der Waals surface area (Å²) in [4.78, 5) is 0. The molecule has 0 saturated carbocycles. The molecule has 2 heteroatoms. The number of rotatable bonds is 9. The Bertz CT molecular complexity index is 385. The molecule has 0 aliphatic rings. The van der Waals surface area contributed by atoms with Crippen LogP contribution >= 0.6 is 0 Å². The topological polar surface area (TPSA) is 18.5 Å². The molecule has 0 N–H and O–H groups in total. The van der Waals surface area contributed by atoms with Crippen molar-refractivity contribution in [3.05, 3.63) is 29.3 Å². The zero-order chi connectivity index (χ0) is 15.0. The van der Waals surface area contributed by atoms with Crippen molar-refractivity contribution in [1.82, 2.24) is 0 Å². The maximum absolute atomic E-state index is 6.06. The Balaban J connectivity index is 2.61. The molecule has 0 fully saturated rings. The molecule has 1 rings (SSSR count). The summed E-state index contributed by atoms with van der Waals surface area (Å²) < 4.78 is 11.8. The molecule has 0 bridgehead atoms. The summed E-state index contributed by atoms with van der Waals surface area (Å²) in [5.74, 6) is 0.936. The highest BCUT2D eigenvalue weighted by atomic mass is 16.5. The van der Waals surface area contributed by atoms with E-state index in [0.29, 0.717) is 12.7 Å². The van der Waals surface area contributed by atoms with E-state index in [1.807, 2.05) is 19.9 Å². The molecule has 0 unspecified atom stereocenters. The van der Waals surface area contributed by atoms with Gasteiger partial charge in [-0.15, -0.1) is 0 Å². The van der Waals surface area contributed by atoms with Gasteiger partial charge in [-0.25, -0.2) is 0 Å². The first-order valence-corrected chi connectivity index (χ1v) is 7.94. The van der Waals surface area contributed by atoms with Gasteiger partial charge in [0, 0.05) is 0 Å². The van der Waals surface area contributed by atoms with Crippen LogP contribution in [0.4, 0.5) is 0 Å². The highest BCUT2D eigenvalue weighted by Gasteiger charge is 2.08. The predicted molar refractivity (Wildman–Crippen MR) is 85.3 cm³/mol. The van der Waals surface area contributed by atoms with Crippen LogP contribution in [0.3, 0.4) is 0 Å². The molecule has 2 nitrogen and oxygen atoms in total. The molecule has 20 heavy (non-hydrogen) atoms. The fourth-order valence-electron chi connectivity index (χ4n) is 2.19. The van der Waals surface area contributed by atoms with Crippen molar-refractivity contribution in [3.8, 4) is 5.75 Å². The van der Waals surface area contributed by atoms with Gasteiger partial charge >= 0.3 is 0 Å². The van der Waals surface area contributed by atoms with E-state index in [9.17, 15) is 0 Å². The summed E-state index contributed by atoms with van der Waals surface area (Å²) in [5.41, 5.74) is 2.50.